The summed E-state index contributed by atoms with van der Waals surface area (Å²) in [6.45, 7) is 2.88. The summed E-state index contributed by atoms with van der Waals surface area (Å²) in [5.41, 5.74) is 0.931. The average Bonchev–Trinajstić information content (AvgIpc) is 3.06. The number of hydrogen-bond acceptors (Lipinski definition) is 3. The van der Waals surface area contributed by atoms with Gasteiger partial charge >= 0.3 is 6.03 Å². The molecule has 0 aromatic heterocycles. The van der Waals surface area contributed by atoms with Gasteiger partial charge in [-0.15, -0.1) is 0 Å². The summed E-state index contributed by atoms with van der Waals surface area (Å²) in [5.74, 6) is 0. The van der Waals surface area contributed by atoms with E-state index in [1.165, 1.54) is 0 Å². The van der Waals surface area contributed by atoms with Crippen LogP contribution < -0.4 is 5.32 Å². The van der Waals surface area contributed by atoms with Gasteiger partial charge in [0.05, 0.1) is 6.10 Å². The van der Waals surface area contributed by atoms with Gasteiger partial charge in [-0.1, -0.05) is 30.3 Å². The van der Waals surface area contributed by atoms with Crippen molar-refractivity contribution in [3.63, 3.8) is 0 Å². The number of benzene rings is 1. The Hall–Kier alpha value is -1.59. The van der Waals surface area contributed by atoms with E-state index in [4.69, 9.17) is 0 Å². The lowest BCUT2D eigenvalue weighted by Crippen LogP contribution is -2.50. The number of aliphatic hydroxyl groups excluding tert-OH is 1. The molecule has 0 saturated carbocycles. The van der Waals surface area contributed by atoms with E-state index in [-0.39, 0.29) is 18.1 Å². The van der Waals surface area contributed by atoms with Crippen LogP contribution in [0.5, 0.6) is 0 Å². The van der Waals surface area contributed by atoms with E-state index in [9.17, 15) is 9.90 Å². The first-order valence-electron chi connectivity index (χ1n) is 9.12. The Balaban J connectivity index is 1.54. The molecule has 2 aliphatic rings. The second kappa shape index (κ2) is 7.99. The number of rotatable bonds is 4. The van der Waals surface area contributed by atoms with Crippen molar-refractivity contribution in [2.45, 2.75) is 50.3 Å². The van der Waals surface area contributed by atoms with E-state index >= 15 is 0 Å². The zero-order valence-electron chi connectivity index (χ0n) is 14.5. The molecule has 0 spiro atoms. The van der Waals surface area contributed by atoms with Crippen LogP contribution in [0.3, 0.4) is 0 Å². The van der Waals surface area contributed by atoms with Crippen LogP contribution >= 0.6 is 0 Å². The number of carbonyl (C=O) groups is 1. The van der Waals surface area contributed by atoms with Crippen molar-refractivity contribution in [2.75, 3.05) is 26.7 Å². The fourth-order valence-corrected chi connectivity index (χ4v) is 3.83. The number of piperidine rings is 1. The molecule has 132 valence electrons. The molecule has 2 amide bonds. The molecule has 0 aliphatic carbocycles. The summed E-state index contributed by atoms with van der Waals surface area (Å²) >= 11 is 0. The third-order valence-corrected chi connectivity index (χ3v) is 5.36. The second-order valence-electron chi connectivity index (χ2n) is 7.18. The third kappa shape index (κ3) is 4.28. The first-order valence-corrected chi connectivity index (χ1v) is 9.12. The molecule has 5 nitrogen and oxygen atoms in total. The highest BCUT2D eigenvalue weighted by Crippen LogP contribution is 2.27. The van der Waals surface area contributed by atoms with E-state index in [1.54, 1.807) is 0 Å². The standard InChI is InChI=1S/C19H29N3O2/c1-21-12-9-16(10-13-21)20-19(24)22-11-5-8-17(22)14-18(23)15-6-3-2-4-7-15/h2-4,6-7,16-18,23H,5,8-14H2,1H3,(H,20,24). The molecule has 2 saturated heterocycles. The Morgan fingerprint density at radius 2 is 1.92 bits per heavy atom. The molecule has 24 heavy (non-hydrogen) atoms. The van der Waals surface area contributed by atoms with Gasteiger partial charge in [0, 0.05) is 18.6 Å². The number of hydrogen-bond donors (Lipinski definition) is 2. The van der Waals surface area contributed by atoms with Crippen molar-refractivity contribution in [1.29, 1.82) is 0 Å². The molecule has 2 atom stereocenters. The molecule has 1 aromatic carbocycles. The van der Waals surface area contributed by atoms with Crippen molar-refractivity contribution < 1.29 is 9.90 Å². The molecular formula is C19H29N3O2. The third-order valence-electron chi connectivity index (χ3n) is 5.36. The van der Waals surface area contributed by atoms with Gasteiger partial charge in [0.2, 0.25) is 0 Å². The van der Waals surface area contributed by atoms with Gasteiger partial charge in [-0.2, -0.15) is 0 Å². The number of nitrogens with one attached hydrogen (secondary N) is 1. The van der Waals surface area contributed by atoms with Gasteiger partial charge in [-0.25, -0.2) is 4.79 Å². The van der Waals surface area contributed by atoms with Gasteiger partial charge in [-0.3, -0.25) is 0 Å². The normalized spacial score (nSPS) is 24.1. The Bertz CT molecular complexity index is 529. The SMILES string of the molecule is CN1CCC(NC(=O)N2CCCC2CC(O)c2ccccc2)CC1. The van der Waals surface area contributed by atoms with Crippen LogP contribution in [-0.2, 0) is 0 Å². The number of carbonyl (C=O) groups excluding carboxylic acids is 1. The van der Waals surface area contributed by atoms with Gasteiger partial charge in [0.25, 0.3) is 0 Å². The van der Waals surface area contributed by atoms with Crippen LogP contribution in [0.25, 0.3) is 0 Å². The molecule has 2 N–H and O–H groups in total. The van der Waals surface area contributed by atoms with E-state index in [2.05, 4.69) is 17.3 Å². The zero-order chi connectivity index (χ0) is 16.9. The molecule has 1 aromatic rings. The lowest BCUT2D eigenvalue weighted by molar-refractivity contribution is 0.123. The topological polar surface area (TPSA) is 55.8 Å². The maximum Gasteiger partial charge on any atom is 0.317 e. The fraction of sp³-hybridized carbons (Fsp3) is 0.632. The molecule has 5 heteroatoms. The molecular weight excluding hydrogens is 302 g/mol. The Kier molecular flexibility index (Phi) is 5.74. The molecule has 2 unspecified atom stereocenters. The predicted molar refractivity (Wildman–Crippen MR) is 94.8 cm³/mol. The van der Waals surface area contributed by atoms with Crippen LogP contribution in [-0.4, -0.2) is 59.7 Å². The lowest BCUT2D eigenvalue weighted by atomic mass is 10.0. The summed E-state index contributed by atoms with van der Waals surface area (Å²) in [6, 6.07) is 10.2. The number of urea groups is 1. The van der Waals surface area contributed by atoms with Crippen LogP contribution in [0, 0.1) is 0 Å². The van der Waals surface area contributed by atoms with E-state index in [0.717, 1.165) is 50.9 Å². The Labute approximate surface area is 144 Å². The summed E-state index contributed by atoms with van der Waals surface area (Å²) in [4.78, 5) is 16.9. The molecule has 2 fully saturated rings. The monoisotopic (exact) mass is 331 g/mol. The van der Waals surface area contributed by atoms with Gasteiger partial charge in [0.1, 0.15) is 0 Å². The van der Waals surface area contributed by atoms with Crippen LogP contribution in [0.4, 0.5) is 4.79 Å². The van der Waals surface area contributed by atoms with Crippen molar-refractivity contribution >= 4 is 6.03 Å². The largest absolute Gasteiger partial charge is 0.388 e. The summed E-state index contributed by atoms with van der Waals surface area (Å²) < 4.78 is 0. The number of likely N-dealkylation sites (tertiary alicyclic amines) is 2. The minimum Gasteiger partial charge on any atom is -0.388 e. The highest BCUT2D eigenvalue weighted by atomic mass is 16.3. The van der Waals surface area contributed by atoms with E-state index in [1.807, 2.05) is 35.2 Å². The van der Waals surface area contributed by atoms with Gasteiger partial charge in [0.15, 0.2) is 0 Å². The van der Waals surface area contributed by atoms with Crippen molar-refractivity contribution in [3.8, 4) is 0 Å². The quantitative estimate of drug-likeness (QED) is 0.891. The first-order chi connectivity index (χ1) is 11.6. The lowest BCUT2D eigenvalue weighted by Gasteiger charge is -2.33. The highest BCUT2D eigenvalue weighted by Gasteiger charge is 2.32. The molecule has 0 radical (unpaired) electrons. The summed E-state index contributed by atoms with van der Waals surface area (Å²) in [5, 5.41) is 13.7. The van der Waals surface area contributed by atoms with Crippen LogP contribution in [0.2, 0.25) is 0 Å². The van der Waals surface area contributed by atoms with Crippen LogP contribution in [0.1, 0.15) is 43.8 Å². The maximum absolute atomic E-state index is 12.6. The molecule has 2 heterocycles. The molecule has 3 rings (SSSR count). The Morgan fingerprint density at radius 3 is 2.62 bits per heavy atom. The molecule has 2 aliphatic heterocycles. The second-order valence-corrected chi connectivity index (χ2v) is 7.18. The smallest absolute Gasteiger partial charge is 0.317 e. The van der Waals surface area contributed by atoms with Crippen molar-refractivity contribution in [2.24, 2.45) is 0 Å². The van der Waals surface area contributed by atoms with E-state index in [0.29, 0.717) is 6.42 Å². The van der Waals surface area contributed by atoms with E-state index < -0.39 is 6.10 Å². The average molecular weight is 331 g/mol. The fourth-order valence-electron chi connectivity index (χ4n) is 3.83. The number of amides is 2. The molecule has 0 bridgehead atoms. The van der Waals surface area contributed by atoms with Crippen molar-refractivity contribution in [3.05, 3.63) is 35.9 Å². The zero-order valence-corrected chi connectivity index (χ0v) is 14.5. The van der Waals surface area contributed by atoms with Crippen molar-refractivity contribution in [1.82, 2.24) is 15.1 Å². The minimum atomic E-state index is -0.507. The first kappa shape index (κ1) is 17.2. The van der Waals surface area contributed by atoms with Crippen LogP contribution in [0.15, 0.2) is 30.3 Å². The minimum absolute atomic E-state index is 0.0484. The predicted octanol–water partition coefficient (Wildman–Crippen LogP) is 2.38. The van der Waals surface area contributed by atoms with Gasteiger partial charge in [-0.05, 0) is 57.8 Å². The number of aliphatic hydroxyl groups is 1. The highest BCUT2D eigenvalue weighted by molar-refractivity contribution is 5.75. The Morgan fingerprint density at radius 1 is 1.21 bits per heavy atom. The summed E-state index contributed by atoms with van der Waals surface area (Å²) in [6.07, 6.45) is 4.15. The summed E-state index contributed by atoms with van der Waals surface area (Å²) in [7, 11) is 2.12. The number of nitrogens with zero attached hydrogens (tertiary/aromatic N) is 2. The van der Waals surface area contributed by atoms with Gasteiger partial charge < -0.3 is 20.2 Å². The maximum atomic E-state index is 12.6.